The minimum Gasteiger partial charge on any atom is -0.481 e. The number of rotatable bonds is 4. The van der Waals surface area contributed by atoms with E-state index in [0.29, 0.717) is 11.3 Å². The third-order valence-electron chi connectivity index (χ3n) is 4.09. The number of aromatic amines is 1. The number of aromatic nitrogens is 2. The standard InChI is InChI=1S/C9H8N2O3S.C9H11NO4/c12-15(13,14)8-3-1-2-7(6-8)9-4-5-10-11-9;1-9(8(13)14)3-5(7(11)12)2-6(10)4-9/h1-6H,(H,10,11)(H,12,13,14);2,4H,3,10H2,1H3,(H,11,12)(H,13,14). The van der Waals surface area contributed by atoms with Crippen LogP contribution >= 0.6 is 0 Å². The van der Waals surface area contributed by atoms with Gasteiger partial charge < -0.3 is 15.9 Å². The average molecular weight is 421 g/mol. The summed E-state index contributed by atoms with van der Waals surface area (Å²) in [5, 5.41) is 24.1. The number of nitrogens with two attached hydrogens (primary N) is 1. The van der Waals surface area contributed by atoms with Crippen LogP contribution in [0.2, 0.25) is 0 Å². The lowest BCUT2D eigenvalue weighted by Gasteiger charge is -2.24. The van der Waals surface area contributed by atoms with Crippen molar-refractivity contribution >= 4 is 22.1 Å². The number of carbonyl (C=O) groups is 2. The molecule has 1 aromatic carbocycles. The van der Waals surface area contributed by atoms with Gasteiger partial charge in [0.25, 0.3) is 10.1 Å². The number of benzene rings is 1. The molecule has 2 aromatic rings. The fourth-order valence-corrected chi connectivity index (χ4v) is 3.15. The van der Waals surface area contributed by atoms with E-state index in [4.69, 9.17) is 20.5 Å². The van der Waals surface area contributed by atoms with Crippen LogP contribution in [0, 0.1) is 5.41 Å². The second kappa shape index (κ2) is 8.29. The highest BCUT2D eigenvalue weighted by atomic mass is 32.2. The van der Waals surface area contributed by atoms with Gasteiger partial charge in [-0.3, -0.25) is 14.4 Å². The topological polar surface area (TPSA) is 184 Å². The van der Waals surface area contributed by atoms with Crippen LogP contribution in [0.3, 0.4) is 0 Å². The first-order valence-corrected chi connectivity index (χ1v) is 9.59. The Morgan fingerprint density at radius 3 is 2.45 bits per heavy atom. The predicted molar refractivity (Wildman–Crippen MR) is 102 cm³/mol. The van der Waals surface area contributed by atoms with Gasteiger partial charge in [-0.1, -0.05) is 12.1 Å². The van der Waals surface area contributed by atoms with Crippen molar-refractivity contribution in [1.29, 1.82) is 0 Å². The van der Waals surface area contributed by atoms with Gasteiger partial charge in [-0.05, 0) is 43.7 Å². The number of aliphatic carboxylic acids is 2. The van der Waals surface area contributed by atoms with Crippen molar-refractivity contribution in [3.63, 3.8) is 0 Å². The molecule has 0 saturated carbocycles. The average Bonchev–Trinajstić information content (AvgIpc) is 3.15. The molecule has 0 radical (unpaired) electrons. The molecule has 0 fully saturated rings. The second-order valence-corrected chi connectivity index (χ2v) is 7.91. The molecule has 1 heterocycles. The molecule has 11 heteroatoms. The minimum absolute atomic E-state index is 0.0231. The SMILES string of the molecule is CC1(C(=O)O)C=C(N)C=C(C(=O)O)C1.O=S(=O)(O)c1cccc(-c2ccn[nH]2)c1. The monoisotopic (exact) mass is 421 g/mol. The van der Waals surface area contributed by atoms with Gasteiger partial charge in [0.2, 0.25) is 0 Å². The van der Waals surface area contributed by atoms with Crippen LogP contribution in [-0.4, -0.2) is 45.3 Å². The molecule has 6 N–H and O–H groups in total. The Kier molecular flexibility index (Phi) is 6.25. The Labute approximate surface area is 166 Å². The zero-order valence-electron chi connectivity index (χ0n) is 15.2. The first-order chi connectivity index (χ1) is 13.4. The molecule has 1 aliphatic carbocycles. The maximum atomic E-state index is 10.9. The van der Waals surface area contributed by atoms with E-state index in [2.05, 4.69) is 10.2 Å². The van der Waals surface area contributed by atoms with E-state index in [1.165, 1.54) is 31.2 Å². The Bertz CT molecular complexity index is 1090. The number of carboxylic acids is 2. The maximum absolute atomic E-state index is 10.9. The van der Waals surface area contributed by atoms with Gasteiger partial charge in [-0.15, -0.1) is 0 Å². The normalized spacial score (nSPS) is 18.7. The fraction of sp³-hybridized carbons (Fsp3) is 0.167. The number of nitrogens with zero attached hydrogens (tertiary/aromatic N) is 1. The molecule has 10 nitrogen and oxygen atoms in total. The molecule has 0 aliphatic heterocycles. The van der Waals surface area contributed by atoms with E-state index in [9.17, 15) is 18.0 Å². The van der Waals surface area contributed by atoms with Gasteiger partial charge in [-0.25, -0.2) is 4.79 Å². The Morgan fingerprint density at radius 2 is 1.93 bits per heavy atom. The number of nitrogens with one attached hydrogen (secondary N) is 1. The van der Waals surface area contributed by atoms with Crippen LogP contribution < -0.4 is 5.73 Å². The van der Waals surface area contributed by atoms with E-state index in [-0.39, 0.29) is 22.6 Å². The van der Waals surface area contributed by atoms with Crippen LogP contribution in [0.5, 0.6) is 0 Å². The van der Waals surface area contributed by atoms with Gasteiger partial charge >= 0.3 is 11.9 Å². The first kappa shape index (κ1) is 21.9. The molecular weight excluding hydrogens is 402 g/mol. The zero-order chi connectivity index (χ0) is 21.8. The first-order valence-electron chi connectivity index (χ1n) is 8.15. The molecule has 0 spiro atoms. The molecule has 0 amide bonds. The van der Waals surface area contributed by atoms with Crippen molar-refractivity contribution in [2.75, 3.05) is 0 Å². The highest BCUT2D eigenvalue weighted by molar-refractivity contribution is 7.85. The predicted octanol–water partition coefficient (Wildman–Crippen LogP) is 1.66. The largest absolute Gasteiger partial charge is 0.481 e. The van der Waals surface area contributed by atoms with Crippen LogP contribution in [-0.2, 0) is 19.7 Å². The van der Waals surface area contributed by atoms with E-state index < -0.39 is 27.5 Å². The van der Waals surface area contributed by atoms with Crippen molar-refractivity contribution in [3.05, 3.63) is 60.0 Å². The summed E-state index contributed by atoms with van der Waals surface area (Å²) in [6.45, 7) is 1.44. The second-order valence-electron chi connectivity index (χ2n) is 6.49. The van der Waals surface area contributed by atoms with E-state index in [0.717, 1.165) is 0 Å². The minimum atomic E-state index is -4.15. The summed E-state index contributed by atoms with van der Waals surface area (Å²) >= 11 is 0. The summed E-state index contributed by atoms with van der Waals surface area (Å²) in [7, 11) is -4.15. The zero-order valence-corrected chi connectivity index (χ0v) is 16.0. The van der Waals surface area contributed by atoms with E-state index in [1.54, 1.807) is 24.4 Å². The molecule has 1 aliphatic rings. The molecule has 0 saturated heterocycles. The van der Waals surface area contributed by atoms with Crippen LogP contribution in [0.4, 0.5) is 0 Å². The highest BCUT2D eigenvalue weighted by Gasteiger charge is 2.36. The van der Waals surface area contributed by atoms with Crippen LogP contribution in [0.25, 0.3) is 11.3 Å². The summed E-state index contributed by atoms with van der Waals surface area (Å²) in [5.74, 6) is -2.21. The van der Waals surface area contributed by atoms with Crippen molar-refractivity contribution in [3.8, 4) is 11.3 Å². The number of carboxylic acid groups (broad SMARTS) is 2. The number of H-pyrrole nitrogens is 1. The third kappa shape index (κ3) is 5.53. The molecule has 1 aromatic heterocycles. The maximum Gasteiger partial charge on any atom is 0.331 e. The molecule has 0 bridgehead atoms. The molecule has 3 rings (SSSR count). The third-order valence-corrected chi connectivity index (χ3v) is 4.94. The summed E-state index contributed by atoms with van der Waals surface area (Å²) in [5.41, 5.74) is 5.77. The van der Waals surface area contributed by atoms with Crippen molar-refractivity contribution in [2.45, 2.75) is 18.2 Å². The summed E-state index contributed by atoms with van der Waals surface area (Å²) < 4.78 is 30.6. The number of hydrogen-bond acceptors (Lipinski definition) is 6. The van der Waals surface area contributed by atoms with Crippen molar-refractivity contribution in [1.82, 2.24) is 10.2 Å². The number of hydrogen-bond donors (Lipinski definition) is 5. The highest BCUT2D eigenvalue weighted by Crippen LogP contribution is 2.32. The van der Waals surface area contributed by atoms with E-state index >= 15 is 0 Å². The fourth-order valence-electron chi connectivity index (χ4n) is 2.62. The van der Waals surface area contributed by atoms with Crippen molar-refractivity contribution < 1.29 is 32.8 Å². The van der Waals surface area contributed by atoms with Gasteiger partial charge in [0, 0.05) is 23.0 Å². The molecule has 1 unspecified atom stereocenters. The van der Waals surface area contributed by atoms with Crippen LogP contribution in [0.15, 0.2) is 64.8 Å². The van der Waals surface area contributed by atoms with Crippen LogP contribution in [0.1, 0.15) is 13.3 Å². The van der Waals surface area contributed by atoms with Gasteiger partial charge in [0.1, 0.15) is 0 Å². The lowest BCUT2D eigenvalue weighted by molar-refractivity contribution is -0.145. The molecule has 1 atom stereocenters. The Hall–Kier alpha value is -3.44. The molecular formula is C18H19N3O7S. The summed E-state index contributed by atoms with van der Waals surface area (Å²) in [4.78, 5) is 21.4. The Balaban J connectivity index is 0.000000208. The lowest BCUT2D eigenvalue weighted by atomic mass is 9.79. The van der Waals surface area contributed by atoms with E-state index in [1.807, 2.05) is 0 Å². The Morgan fingerprint density at radius 1 is 1.24 bits per heavy atom. The van der Waals surface area contributed by atoms with Crippen molar-refractivity contribution in [2.24, 2.45) is 11.1 Å². The lowest BCUT2D eigenvalue weighted by Crippen LogP contribution is -2.30. The van der Waals surface area contributed by atoms with Gasteiger partial charge in [-0.2, -0.15) is 13.5 Å². The summed E-state index contributed by atoms with van der Waals surface area (Å²) in [6, 6.07) is 7.70. The van der Waals surface area contributed by atoms with Gasteiger partial charge in [0.15, 0.2) is 0 Å². The smallest absolute Gasteiger partial charge is 0.331 e. The summed E-state index contributed by atoms with van der Waals surface area (Å²) in [6.07, 6.45) is 4.17. The molecule has 29 heavy (non-hydrogen) atoms. The quantitative estimate of drug-likeness (QED) is 0.458. The van der Waals surface area contributed by atoms with Gasteiger partial charge in [0.05, 0.1) is 16.0 Å². The number of allylic oxidation sites excluding steroid dienone is 1. The molecule has 154 valence electrons.